The standard InChI is InChI=1S/C14H13N3O6/c1-21-11-4-2-3-5-12(11)22-9-13(18)16-15-8-10-6-7-14(23-10)17(19)20/h2-8H,9H2,1H3,(H,16,18)/b15-8+. The fourth-order valence-corrected chi connectivity index (χ4v) is 1.59. The van der Waals surface area contributed by atoms with Gasteiger partial charge in [-0.3, -0.25) is 14.9 Å². The topological polar surface area (TPSA) is 116 Å². The van der Waals surface area contributed by atoms with Gasteiger partial charge in [0.1, 0.15) is 4.92 Å². The number of hydrogen-bond donors (Lipinski definition) is 1. The Hall–Kier alpha value is -3.36. The van der Waals surface area contributed by atoms with Crippen LogP contribution in [0.3, 0.4) is 0 Å². The lowest BCUT2D eigenvalue weighted by Crippen LogP contribution is -2.24. The third-order valence-electron chi connectivity index (χ3n) is 2.60. The van der Waals surface area contributed by atoms with Crippen molar-refractivity contribution in [2.75, 3.05) is 13.7 Å². The molecule has 2 aromatic rings. The van der Waals surface area contributed by atoms with E-state index in [1.807, 2.05) is 0 Å². The van der Waals surface area contributed by atoms with Crippen LogP contribution < -0.4 is 14.9 Å². The summed E-state index contributed by atoms with van der Waals surface area (Å²) < 4.78 is 15.2. The van der Waals surface area contributed by atoms with Gasteiger partial charge >= 0.3 is 5.88 Å². The number of carbonyl (C=O) groups excluding carboxylic acids is 1. The van der Waals surface area contributed by atoms with E-state index in [0.717, 1.165) is 6.21 Å². The largest absolute Gasteiger partial charge is 0.493 e. The van der Waals surface area contributed by atoms with Crippen LogP contribution in [0.25, 0.3) is 0 Å². The molecular weight excluding hydrogens is 306 g/mol. The number of furan rings is 1. The van der Waals surface area contributed by atoms with E-state index in [0.29, 0.717) is 11.5 Å². The third kappa shape index (κ3) is 4.56. The second kappa shape index (κ2) is 7.59. The second-order valence-corrected chi connectivity index (χ2v) is 4.17. The SMILES string of the molecule is COc1ccccc1OCC(=O)N/N=C/c1ccc([N+](=O)[O-])o1. The van der Waals surface area contributed by atoms with Crippen molar-refractivity contribution in [1.29, 1.82) is 0 Å². The van der Waals surface area contributed by atoms with Gasteiger partial charge in [-0.15, -0.1) is 0 Å². The minimum absolute atomic E-state index is 0.141. The number of nitro groups is 1. The minimum Gasteiger partial charge on any atom is -0.493 e. The highest BCUT2D eigenvalue weighted by Crippen LogP contribution is 2.25. The van der Waals surface area contributed by atoms with Gasteiger partial charge < -0.3 is 13.9 Å². The maximum Gasteiger partial charge on any atom is 0.433 e. The summed E-state index contributed by atoms with van der Waals surface area (Å²) in [7, 11) is 1.50. The van der Waals surface area contributed by atoms with Crippen LogP contribution in [0.1, 0.15) is 5.76 Å². The number of benzene rings is 1. The number of para-hydroxylation sites is 2. The molecule has 9 heteroatoms. The van der Waals surface area contributed by atoms with Crippen LogP contribution in [0, 0.1) is 10.1 Å². The van der Waals surface area contributed by atoms with E-state index in [-0.39, 0.29) is 12.4 Å². The highest BCUT2D eigenvalue weighted by molar-refractivity contribution is 5.81. The van der Waals surface area contributed by atoms with Crippen molar-refractivity contribution in [1.82, 2.24) is 5.43 Å². The van der Waals surface area contributed by atoms with Gasteiger partial charge in [0.15, 0.2) is 23.9 Å². The first-order valence-corrected chi connectivity index (χ1v) is 6.42. The lowest BCUT2D eigenvalue weighted by molar-refractivity contribution is -0.402. The molecule has 23 heavy (non-hydrogen) atoms. The molecule has 9 nitrogen and oxygen atoms in total. The van der Waals surface area contributed by atoms with Crippen molar-refractivity contribution in [3.05, 3.63) is 52.3 Å². The summed E-state index contributed by atoms with van der Waals surface area (Å²) in [5.41, 5.74) is 2.21. The van der Waals surface area contributed by atoms with Crippen molar-refractivity contribution in [2.24, 2.45) is 5.10 Å². The zero-order chi connectivity index (χ0) is 16.7. The van der Waals surface area contributed by atoms with E-state index >= 15 is 0 Å². The molecule has 0 atom stereocenters. The molecule has 0 fully saturated rings. The van der Waals surface area contributed by atoms with Gasteiger partial charge in [0, 0.05) is 0 Å². The molecular formula is C14H13N3O6. The second-order valence-electron chi connectivity index (χ2n) is 4.17. The number of nitrogens with one attached hydrogen (secondary N) is 1. The number of ether oxygens (including phenoxy) is 2. The van der Waals surface area contributed by atoms with Crippen LogP contribution in [0.4, 0.5) is 5.88 Å². The summed E-state index contributed by atoms with van der Waals surface area (Å²) in [5.74, 6) is 0.163. The first-order valence-electron chi connectivity index (χ1n) is 6.42. The van der Waals surface area contributed by atoms with Crippen LogP contribution in [-0.4, -0.2) is 30.8 Å². The number of nitrogens with zero attached hydrogens (tertiary/aromatic N) is 2. The van der Waals surface area contributed by atoms with Gasteiger partial charge in [0.25, 0.3) is 5.91 Å². The Morgan fingerprint density at radius 2 is 2.09 bits per heavy atom. The fourth-order valence-electron chi connectivity index (χ4n) is 1.59. The minimum atomic E-state index is -0.670. The van der Waals surface area contributed by atoms with E-state index in [1.165, 1.54) is 19.2 Å². The smallest absolute Gasteiger partial charge is 0.433 e. The van der Waals surface area contributed by atoms with Gasteiger partial charge in [-0.25, -0.2) is 5.43 Å². The number of methoxy groups -OCH3 is 1. The summed E-state index contributed by atoms with van der Waals surface area (Å²) in [6, 6.07) is 9.44. The van der Waals surface area contributed by atoms with E-state index in [1.54, 1.807) is 24.3 Å². The van der Waals surface area contributed by atoms with E-state index < -0.39 is 16.7 Å². The molecule has 1 aromatic heterocycles. The van der Waals surface area contributed by atoms with Crippen LogP contribution >= 0.6 is 0 Å². The predicted molar refractivity (Wildman–Crippen MR) is 79.6 cm³/mol. The molecule has 0 saturated carbocycles. The lowest BCUT2D eigenvalue weighted by Gasteiger charge is -2.08. The molecule has 0 aliphatic rings. The summed E-state index contributed by atoms with van der Waals surface area (Å²) in [5, 5.41) is 14.1. The number of rotatable bonds is 7. The van der Waals surface area contributed by atoms with E-state index in [2.05, 4.69) is 10.5 Å². The fraction of sp³-hybridized carbons (Fsp3) is 0.143. The Morgan fingerprint density at radius 3 is 2.74 bits per heavy atom. The van der Waals surface area contributed by atoms with Crippen LogP contribution in [0.5, 0.6) is 11.5 Å². The molecule has 1 aromatic carbocycles. The average Bonchev–Trinajstić information content (AvgIpc) is 3.02. The maximum atomic E-state index is 11.6. The molecule has 1 N–H and O–H groups in total. The van der Waals surface area contributed by atoms with Gasteiger partial charge in [-0.2, -0.15) is 5.10 Å². The first-order chi connectivity index (χ1) is 11.1. The molecule has 1 amide bonds. The molecule has 1 heterocycles. The van der Waals surface area contributed by atoms with Crippen LogP contribution in [0.15, 0.2) is 45.9 Å². The molecule has 0 bridgehead atoms. The quantitative estimate of drug-likeness (QED) is 0.472. The van der Waals surface area contributed by atoms with Gasteiger partial charge in [-0.05, 0) is 18.2 Å². The highest BCUT2D eigenvalue weighted by Gasteiger charge is 2.10. The van der Waals surface area contributed by atoms with Gasteiger partial charge in [0.2, 0.25) is 0 Å². The highest BCUT2D eigenvalue weighted by atomic mass is 16.6. The monoisotopic (exact) mass is 319 g/mol. The predicted octanol–water partition coefficient (Wildman–Crippen LogP) is 1.73. The molecule has 120 valence electrons. The molecule has 0 radical (unpaired) electrons. The number of hydrogen-bond acceptors (Lipinski definition) is 7. The Balaban J connectivity index is 1.82. The Morgan fingerprint density at radius 1 is 1.35 bits per heavy atom. The van der Waals surface area contributed by atoms with E-state index in [4.69, 9.17) is 13.9 Å². The Kier molecular flexibility index (Phi) is 5.29. The van der Waals surface area contributed by atoms with Crippen molar-refractivity contribution in [3.63, 3.8) is 0 Å². The van der Waals surface area contributed by atoms with Crippen LogP contribution in [-0.2, 0) is 4.79 Å². The summed E-state index contributed by atoms with van der Waals surface area (Å²) >= 11 is 0. The lowest BCUT2D eigenvalue weighted by atomic mass is 10.3. The van der Waals surface area contributed by atoms with Crippen molar-refractivity contribution < 1.29 is 23.6 Å². The van der Waals surface area contributed by atoms with Crippen molar-refractivity contribution in [2.45, 2.75) is 0 Å². The van der Waals surface area contributed by atoms with Crippen LogP contribution in [0.2, 0.25) is 0 Å². The van der Waals surface area contributed by atoms with Crippen molar-refractivity contribution in [3.8, 4) is 11.5 Å². The number of hydrazone groups is 1. The molecule has 0 aliphatic carbocycles. The van der Waals surface area contributed by atoms with Crippen molar-refractivity contribution >= 4 is 18.0 Å². The Bertz CT molecular complexity index is 725. The number of carbonyl (C=O) groups is 1. The normalized spacial score (nSPS) is 10.5. The summed E-state index contributed by atoms with van der Waals surface area (Å²) in [4.78, 5) is 21.4. The molecule has 0 spiro atoms. The zero-order valence-electron chi connectivity index (χ0n) is 12.1. The Labute approximate surface area is 130 Å². The molecule has 0 saturated heterocycles. The average molecular weight is 319 g/mol. The first kappa shape index (κ1) is 16.0. The van der Waals surface area contributed by atoms with Gasteiger partial charge in [0.05, 0.1) is 19.4 Å². The summed E-state index contributed by atoms with van der Waals surface area (Å²) in [6.07, 6.45) is 1.15. The number of amides is 1. The maximum absolute atomic E-state index is 11.6. The molecule has 0 aliphatic heterocycles. The van der Waals surface area contributed by atoms with E-state index in [9.17, 15) is 14.9 Å². The van der Waals surface area contributed by atoms with Gasteiger partial charge in [-0.1, -0.05) is 12.1 Å². The zero-order valence-corrected chi connectivity index (χ0v) is 12.1. The molecule has 2 rings (SSSR count). The molecule has 0 unspecified atom stereocenters. The summed E-state index contributed by atoms with van der Waals surface area (Å²) in [6.45, 7) is -0.268. The third-order valence-corrected chi connectivity index (χ3v) is 2.60.